The maximum absolute atomic E-state index is 12.6. The molecule has 2 aromatic rings. The fourth-order valence-corrected chi connectivity index (χ4v) is 3.52. The summed E-state index contributed by atoms with van der Waals surface area (Å²) in [7, 11) is 0. The van der Waals surface area contributed by atoms with Gasteiger partial charge in [-0.2, -0.15) is 0 Å². The second-order valence-corrected chi connectivity index (χ2v) is 6.80. The van der Waals surface area contributed by atoms with Gasteiger partial charge in [0.2, 0.25) is 5.91 Å². The van der Waals surface area contributed by atoms with Gasteiger partial charge in [0.25, 0.3) is 5.91 Å². The Morgan fingerprint density at radius 3 is 2.73 bits per heavy atom. The molecule has 5 heteroatoms. The van der Waals surface area contributed by atoms with Gasteiger partial charge >= 0.3 is 0 Å². The van der Waals surface area contributed by atoms with Gasteiger partial charge in [-0.1, -0.05) is 37.3 Å². The third-order valence-electron chi connectivity index (χ3n) is 4.90. The van der Waals surface area contributed by atoms with Gasteiger partial charge in [0.05, 0.1) is 0 Å². The lowest BCUT2D eigenvalue weighted by Crippen LogP contribution is -2.43. The number of nitrogens with zero attached hydrogens (tertiary/aromatic N) is 1. The molecule has 0 aromatic heterocycles. The molecule has 26 heavy (non-hydrogen) atoms. The van der Waals surface area contributed by atoms with Crippen LogP contribution in [-0.2, 0) is 4.79 Å². The van der Waals surface area contributed by atoms with E-state index in [1.54, 1.807) is 0 Å². The zero-order valence-corrected chi connectivity index (χ0v) is 15.3. The van der Waals surface area contributed by atoms with Gasteiger partial charge in [-0.3, -0.25) is 9.59 Å². The number of hydrogen-bond donors (Lipinski definition) is 2. The maximum atomic E-state index is 12.6. The third-order valence-corrected chi connectivity index (χ3v) is 4.90. The summed E-state index contributed by atoms with van der Waals surface area (Å²) in [4.78, 5) is 26.9. The van der Waals surface area contributed by atoms with E-state index in [9.17, 15) is 9.59 Å². The molecule has 1 aliphatic heterocycles. The molecule has 2 aromatic carbocycles. The zero-order valence-electron chi connectivity index (χ0n) is 15.3. The first-order valence-electron chi connectivity index (χ1n) is 9.46. The van der Waals surface area contributed by atoms with Crippen molar-refractivity contribution in [3.05, 3.63) is 48.0 Å². The predicted molar refractivity (Wildman–Crippen MR) is 104 cm³/mol. The Morgan fingerprint density at radius 2 is 2.00 bits per heavy atom. The largest absolute Gasteiger partial charge is 0.352 e. The lowest BCUT2D eigenvalue weighted by molar-refractivity contribution is -0.133. The number of benzene rings is 2. The van der Waals surface area contributed by atoms with E-state index in [0.717, 1.165) is 43.2 Å². The summed E-state index contributed by atoms with van der Waals surface area (Å²) in [6.45, 7) is 5.07. The van der Waals surface area contributed by atoms with Crippen molar-refractivity contribution < 1.29 is 9.59 Å². The van der Waals surface area contributed by atoms with Crippen molar-refractivity contribution in [2.75, 3.05) is 26.2 Å². The second kappa shape index (κ2) is 8.81. The highest BCUT2D eigenvalue weighted by atomic mass is 16.2. The molecule has 1 unspecified atom stereocenters. The van der Waals surface area contributed by atoms with Crippen molar-refractivity contribution in [1.82, 2.24) is 15.5 Å². The van der Waals surface area contributed by atoms with E-state index in [4.69, 9.17) is 0 Å². The van der Waals surface area contributed by atoms with Crippen LogP contribution in [0.15, 0.2) is 42.5 Å². The van der Waals surface area contributed by atoms with Crippen molar-refractivity contribution in [3.63, 3.8) is 0 Å². The van der Waals surface area contributed by atoms with Crippen molar-refractivity contribution >= 4 is 22.6 Å². The van der Waals surface area contributed by atoms with Crippen LogP contribution < -0.4 is 10.6 Å². The molecule has 0 bridgehead atoms. The molecule has 1 fully saturated rings. The molecular formula is C21H27N3O2. The summed E-state index contributed by atoms with van der Waals surface area (Å²) in [5, 5.41) is 8.34. The first-order valence-corrected chi connectivity index (χ1v) is 9.46. The molecular weight excluding hydrogens is 326 g/mol. The summed E-state index contributed by atoms with van der Waals surface area (Å²) in [6, 6.07) is 13.9. The average molecular weight is 353 g/mol. The highest BCUT2D eigenvalue weighted by Crippen LogP contribution is 2.15. The Balaban J connectivity index is 1.53. The first-order chi connectivity index (χ1) is 12.7. The monoisotopic (exact) mass is 353 g/mol. The van der Waals surface area contributed by atoms with E-state index in [1.807, 2.05) is 47.4 Å². The summed E-state index contributed by atoms with van der Waals surface area (Å²) in [5.74, 6) is -0.00695. The average Bonchev–Trinajstić information content (AvgIpc) is 3.19. The van der Waals surface area contributed by atoms with Gasteiger partial charge in [-0.05, 0) is 42.3 Å². The minimum absolute atomic E-state index is 0.124. The third kappa shape index (κ3) is 4.41. The Bertz CT molecular complexity index is 769. The molecule has 1 saturated heterocycles. The van der Waals surface area contributed by atoms with Crippen molar-refractivity contribution in [3.8, 4) is 0 Å². The number of nitrogens with one attached hydrogen (secondary N) is 2. The van der Waals surface area contributed by atoms with Gasteiger partial charge in [0.15, 0.2) is 0 Å². The van der Waals surface area contributed by atoms with E-state index < -0.39 is 0 Å². The van der Waals surface area contributed by atoms with Crippen molar-refractivity contribution in [1.29, 1.82) is 0 Å². The highest BCUT2D eigenvalue weighted by Gasteiger charge is 2.25. The second-order valence-electron chi connectivity index (χ2n) is 6.80. The van der Waals surface area contributed by atoms with Gasteiger partial charge in [0.1, 0.15) is 0 Å². The lowest BCUT2D eigenvalue weighted by Gasteiger charge is -2.28. The van der Waals surface area contributed by atoms with Crippen LogP contribution in [0.4, 0.5) is 0 Å². The summed E-state index contributed by atoms with van der Waals surface area (Å²) in [5.41, 5.74) is 0.626. The summed E-state index contributed by atoms with van der Waals surface area (Å²) in [6.07, 6.45) is 2.30. The van der Waals surface area contributed by atoms with Gasteiger partial charge in [-0.25, -0.2) is 0 Å². The molecule has 0 aliphatic carbocycles. The van der Waals surface area contributed by atoms with Crippen LogP contribution in [0.1, 0.15) is 36.5 Å². The Hall–Kier alpha value is -2.40. The Kier molecular flexibility index (Phi) is 6.23. The minimum atomic E-state index is -0.131. The maximum Gasteiger partial charge on any atom is 0.251 e. The van der Waals surface area contributed by atoms with Crippen LogP contribution in [0.2, 0.25) is 0 Å². The molecule has 5 nitrogen and oxygen atoms in total. The SMILES string of the molecule is CCCN(C(=O)CCNC(=O)c1ccc2ccccc2c1)C1CCNC1. The van der Waals surface area contributed by atoms with Crippen molar-refractivity contribution in [2.45, 2.75) is 32.2 Å². The topological polar surface area (TPSA) is 61.4 Å². The van der Waals surface area contributed by atoms with E-state index in [2.05, 4.69) is 17.6 Å². The minimum Gasteiger partial charge on any atom is -0.352 e. The smallest absolute Gasteiger partial charge is 0.251 e. The zero-order chi connectivity index (χ0) is 18.4. The molecule has 138 valence electrons. The number of amides is 2. The molecule has 0 radical (unpaired) electrons. The number of carbonyl (C=O) groups is 2. The lowest BCUT2D eigenvalue weighted by atomic mass is 10.1. The number of carbonyl (C=O) groups excluding carboxylic acids is 2. The molecule has 2 amide bonds. The van der Waals surface area contributed by atoms with E-state index in [1.165, 1.54) is 0 Å². The fraction of sp³-hybridized carbons (Fsp3) is 0.429. The van der Waals surface area contributed by atoms with E-state index >= 15 is 0 Å². The van der Waals surface area contributed by atoms with Crippen LogP contribution in [0.25, 0.3) is 10.8 Å². The van der Waals surface area contributed by atoms with Crippen LogP contribution in [0.5, 0.6) is 0 Å². The molecule has 3 rings (SSSR count). The fourth-order valence-electron chi connectivity index (χ4n) is 3.52. The highest BCUT2D eigenvalue weighted by molar-refractivity contribution is 5.98. The molecule has 1 atom stereocenters. The predicted octanol–water partition coefficient (Wildman–Crippen LogP) is 2.56. The quantitative estimate of drug-likeness (QED) is 0.804. The van der Waals surface area contributed by atoms with Gasteiger partial charge in [0, 0.05) is 37.7 Å². The van der Waals surface area contributed by atoms with E-state index in [0.29, 0.717) is 24.6 Å². The van der Waals surface area contributed by atoms with Crippen LogP contribution in [-0.4, -0.2) is 48.9 Å². The summed E-state index contributed by atoms with van der Waals surface area (Å²) < 4.78 is 0. The number of fused-ring (bicyclic) bond motifs is 1. The molecule has 0 saturated carbocycles. The Labute approximate surface area is 154 Å². The van der Waals surface area contributed by atoms with Crippen molar-refractivity contribution in [2.24, 2.45) is 0 Å². The van der Waals surface area contributed by atoms with Crippen LogP contribution >= 0.6 is 0 Å². The number of rotatable bonds is 7. The summed E-state index contributed by atoms with van der Waals surface area (Å²) >= 11 is 0. The molecule has 1 aliphatic rings. The molecule has 2 N–H and O–H groups in total. The van der Waals surface area contributed by atoms with Gasteiger partial charge < -0.3 is 15.5 Å². The van der Waals surface area contributed by atoms with E-state index in [-0.39, 0.29) is 11.8 Å². The Morgan fingerprint density at radius 1 is 1.19 bits per heavy atom. The molecule has 0 spiro atoms. The number of hydrogen-bond acceptors (Lipinski definition) is 3. The molecule has 1 heterocycles. The normalized spacial score (nSPS) is 16.6. The first kappa shape index (κ1) is 18.4. The van der Waals surface area contributed by atoms with Crippen LogP contribution in [0.3, 0.4) is 0 Å². The van der Waals surface area contributed by atoms with Crippen LogP contribution in [0, 0.1) is 0 Å². The standard InChI is InChI=1S/C21H27N3O2/c1-2-13-24(19-9-11-22-15-19)20(25)10-12-23-21(26)18-8-7-16-5-3-4-6-17(16)14-18/h3-8,14,19,22H,2,9-13,15H2,1H3,(H,23,26). The van der Waals surface area contributed by atoms with Gasteiger partial charge in [-0.15, -0.1) is 0 Å².